The first kappa shape index (κ1) is 25.1. The number of sulfonamides is 1. The Kier molecular flexibility index (Phi) is 8.40. The van der Waals surface area contributed by atoms with E-state index in [0.717, 1.165) is 36.1 Å². The molecule has 176 valence electrons. The van der Waals surface area contributed by atoms with Gasteiger partial charge in [-0.3, -0.25) is 9.10 Å². The van der Waals surface area contributed by atoms with Crippen LogP contribution in [-0.4, -0.2) is 39.5 Å². The highest BCUT2D eigenvalue weighted by Crippen LogP contribution is 2.28. The number of hydrogen-bond acceptors (Lipinski definition) is 5. The third-order valence-corrected chi connectivity index (χ3v) is 7.58. The van der Waals surface area contributed by atoms with Crippen LogP contribution in [0.15, 0.2) is 60.0 Å². The van der Waals surface area contributed by atoms with Gasteiger partial charge in [-0.05, 0) is 55.3 Å². The lowest BCUT2D eigenvalue weighted by Crippen LogP contribution is -2.36. The van der Waals surface area contributed by atoms with E-state index >= 15 is 0 Å². The van der Waals surface area contributed by atoms with Crippen LogP contribution in [0, 0.1) is 0 Å². The Hall–Kier alpha value is -2.55. The van der Waals surface area contributed by atoms with E-state index in [1.807, 2.05) is 0 Å². The molecule has 33 heavy (non-hydrogen) atoms. The van der Waals surface area contributed by atoms with Crippen molar-refractivity contribution in [2.75, 3.05) is 17.5 Å². The van der Waals surface area contributed by atoms with Crippen LogP contribution in [0.2, 0.25) is 10.0 Å². The van der Waals surface area contributed by atoms with Gasteiger partial charge in [-0.15, -0.1) is 6.58 Å². The number of nitrogens with one attached hydrogen (secondary N) is 1. The van der Waals surface area contributed by atoms with Crippen LogP contribution < -0.4 is 9.62 Å². The van der Waals surface area contributed by atoms with Crippen LogP contribution in [0.4, 0.5) is 5.69 Å². The van der Waals surface area contributed by atoms with Crippen molar-refractivity contribution in [3.8, 4) is 0 Å². The second-order valence-corrected chi connectivity index (χ2v) is 10.3. The summed E-state index contributed by atoms with van der Waals surface area (Å²) in [5, 5.41) is 3.29. The van der Waals surface area contributed by atoms with Gasteiger partial charge in [-0.25, -0.2) is 13.2 Å². The average Bonchev–Trinajstić information content (AvgIpc) is 3.29. The SMILES string of the molecule is C=CCN(c1ccc(Cl)cc1)S(=O)(=O)c1ccc(Cl)c(C(=O)OCC(=O)NC2CCCC2)c1. The molecule has 0 unspecified atom stereocenters. The maximum Gasteiger partial charge on any atom is 0.340 e. The number of benzene rings is 2. The number of carbonyl (C=O) groups is 2. The second-order valence-electron chi connectivity index (χ2n) is 7.57. The first-order valence-electron chi connectivity index (χ1n) is 10.4. The molecule has 1 aliphatic rings. The molecule has 1 amide bonds. The highest BCUT2D eigenvalue weighted by molar-refractivity contribution is 7.92. The van der Waals surface area contributed by atoms with E-state index in [1.54, 1.807) is 24.3 Å². The van der Waals surface area contributed by atoms with Gasteiger partial charge in [0.1, 0.15) is 0 Å². The summed E-state index contributed by atoms with van der Waals surface area (Å²) in [7, 11) is -4.08. The molecular formula is C23H24Cl2N2O5S. The minimum absolute atomic E-state index is 0.00624. The zero-order valence-electron chi connectivity index (χ0n) is 17.8. The summed E-state index contributed by atoms with van der Waals surface area (Å²) < 4.78 is 32.9. The third kappa shape index (κ3) is 6.28. The highest BCUT2D eigenvalue weighted by Gasteiger charge is 2.27. The lowest BCUT2D eigenvalue weighted by molar-refractivity contribution is -0.124. The molecule has 10 heteroatoms. The topological polar surface area (TPSA) is 92.8 Å². The average molecular weight is 511 g/mol. The van der Waals surface area contributed by atoms with E-state index in [-0.39, 0.29) is 28.1 Å². The van der Waals surface area contributed by atoms with Crippen molar-refractivity contribution in [3.05, 3.63) is 70.7 Å². The molecular weight excluding hydrogens is 487 g/mol. The fourth-order valence-corrected chi connectivity index (χ4v) is 5.35. The van der Waals surface area contributed by atoms with Gasteiger partial charge in [0.05, 0.1) is 27.7 Å². The Balaban J connectivity index is 1.79. The van der Waals surface area contributed by atoms with Gasteiger partial charge >= 0.3 is 5.97 Å². The molecule has 3 rings (SSSR count). The highest BCUT2D eigenvalue weighted by atomic mass is 35.5. The number of halogens is 2. The summed E-state index contributed by atoms with van der Waals surface area (Å²) in [5.74, 6) is -1.30. The van der Waals surface area contributed by atoms with Gasteiger partial charge in [-0.1, -0.05) is 42.1 Å². The molecule has 7 nitrogen and oxygen atoms in total. The summed E-state index contributed by atoms with van der Waals surface area (Å²) in [6.07, 6.45) is 5.36. The van der Waals surface area contributed by atoms with E-state index in [0.29, 0.717) is 10.7 Å². The molecule has 1 fully saturated rings. The van der Waals surface area contributed by atoms with Gasteiger partial charge in [0.2, 0.25) is 0 Å². The predicted molar refractivity (Wildman–Crippen MR) is 128 cm³/mol. The Bertz CT molecular complexity index is 1130. The van der Waals surface area contributed by atoms with E-state index in [2.05, 4.69) is 11.9 Å². The number of esters is 1. The minimum Gasteiger partial charge on any atom is -0.452 e. The third-order valence-electron chi connectivity index (χ3n) is 5.21. The van der Waals surface area contributed by atoms with Crippen molar-refractivity contribution in [2.24, 2.45) is 0 Å². The van der Waals surface area contributed by atoms with Crippen LogP contribution >= 0.6 is 23.2 Å². The van der Waals surface area contributed by atoms with Crippen LogP contribution in [0.1, 0.15) is 36.0 Å². The van der Waals surface area contributed by atoms with Crippen molar-refractivity contribution in [2.45, 2.75) is 36.6 Å². The number of hydrogen-bond donors (Lipinski definition) is 1. The molecule has 0 spiro atoms. The largest absolute Gasteiger partial charge is 0.452 e. The van der Waals surface area contributed by atoms with Crippen molar-refractivity contribution in [1.29, 1.82) is 0 Å². The molecule has 2 aromatic carbocycles. The lowest BCUT2D eigenvalue weighted by atomic mass is 10.2. The lowest BCUT2D eigenvalue weighted by Gasteiger charge is -2.23. The smallest absolute Gasteiger partial charge is 0.340 e. The molecule has 0 aromatic heterocycles. The molecule has 0 heterocycles. The summed E-state index contributed by atoms with van der Waals surface area (Å²) in [4.78, 5) is 24.4. The maximum absolute atomic E-state index is 13.3. The number of ether oxygens (including phenoxy) is 1. The van der Waals surface area contributed by atoms with E-state index < -0.39 is 28.5 Å². The van der Waals surface area contributed by atoms with Gasteiger partial charge in [0.25, 0.3) is 15.9 Å². The fraction of sp³-hybridized carbons (Fsp3) is 0.304. The summed E-state index contributed by atoms with van der Waals surface area (Å²) >= 11 is 12.0. The van der Waals surface area contributed by atoms with Gasteiger partial charge in [-0.2, -0.15) is 0 Å². The molecule has 1 N–H and O–H groups in total. The number of nitrogens with zero attached hydrogens (tertiary/aromatic N) is 1. The molecule has 2 aromatic rings. The maximum atomic E-state index is 13.3. The quantitative estimate of drug-likeness (QED) is 0.393. The molecule has 0 bridgehead atoms. The Labute approximate surface area is 203 Å². The van der Waals surface area contributed by atoms with Crippen molar-refractivity contribution < 1.29 is 22.7 Å². The van der Waals surface area contributed by atoms with Crippen LogP contribution in [0.5, 0.6) is 0 Å². The monoisotopic (exact) mass is 510 g/mol. The number of carbonyl (C=O) groups excluding carboxylic acids is 2. The minimum atomic E-state index is -4.08. The van der Waals surface area contributed by atoms with Crippen molar-refractivity contribution >= 4 is 50.8 Å². The summed E-state index contributed by atoms with van der Waals surface area (Å²) in [6.45, 7) is 3.14. The standard InChI is InChI=1S/C23H24Cl2N2O5S/c1-2-13-27(18-9-7-16(24)8-10-18)33(30,31)19-11-12-21(25)20(14-19)23(29)32-15-22(28)26-17-5-3-4-6-17/h2,7-12,14,17H,1,3-6,13,15H2,(H,26,28). The zero-order valence-corrected chi connectivity index (χ0v) is 20.1. The number of rotatable bonds is 9. The number of anilines is 1. The van der Waals surface area contributed by atoms with Crippen LogP contribution in [0.3, 0.4) is 0 Å². The van der Waals surface area contributed by atoms with Gasteiger partial charge in [0.15, 0.2) is 6.61 Å². The van der Waals surface area contributed by atoms with E-state index in [4.69, 9.17) is 27.9 Å². The summed E-state index contributed by atoms with van der Waals surface area (Å²) in [6, 6.07) is 10.1. The van der Waals surface area contributed by atoms with Gasteiger partial charge < -0.3 is 10.1 Å². The zero-order chi connectivity index (χ0) is 24.0. The molecule has 0 saturated heterocycles. The Morgan fingerprint density at radius 2 is 1.79 bits per heavy atom. The Morgan fingerprint density at radius 3 is 2.42 bits per heavy atom. The molecule has 0 aliphatic heterocycles. The van der Waals surface area contributed by atoms with Crippen LogP contribution in [0.25, 0.3) is 0 Å². The van der Waals surface area contributed by atoms with Crippen molar-refractivity contribution in [1.82, 2.24) is 5.32 Å². The molecule has 0 atom stereocenters. The molecule has 0 radical (unpaired) electrons. The van der Waals surface area contributed by atoms with Crippen molar-refractivity contribution in [3.63, 3.8) is 0 Å². The Morgan fingerprint density at radius 1 is 1.12 bits per heavy atom. The fourth-order valence-electron chi connectivity index (χ4n) is 3.56. The first-order chi connectivity index (χ1) is 15.7. The number of amides is 1. The van der Waals surface area contributed by atoms with Gasteiger partial charge in [0, 0.05) is 11.1 Å². The molecule has 1 saturated carbocycles. The normalized spacial score (nSPS) is 14.0. The summed E-state index contributed by atoms with van der Waals surface area (Å²) in [5.41, 5.74) is 0.225. The predicted octanol–water partition coefficient (Wildman–Crippen LogP) is 4.59. The molecule has 1 aliphatic carbocycles. The van der Waals surface area contributed by atoms with E-state index in [1.165, 1.54) is 18.2 Å². The second kappa shape index (κ2) is 11.0. The van der Waals surface area contributed by atoms with E-state index in [9.17, 15) is 18.0 Å². The first-order valence-corrected chi connectivity index (χ1v) is 12.6. The van der Waals surface area contributed by atoms with Crippen LogP contribution in [-0.2, 0) is 19.6 Å².